The summed E-state index contributed by atoms with van der Waals surface area (Å²) in [5, 5.41) is 10.9. The van der Waals surface area contributed by atoms with Crippen molar-refractivity contribution in [2.75, 3.05) is 44.8 Å². The Balaban J connectivity index is 1.72. The molecule has 1 fully saturated rings. The summed E-state index contributed by atoms with van der Waals surface area (Å²) in [7, 11) is 1.59. The smallest absolute Gasteiger partial charge is 0.259 e. The molecule has 0 radical (unpaired) electrons. The second kappa shape index (κ2) is 10.2. The van der Waals surface area contributed by atoms with Crippen LogP contribution in [0.1, 0.15) is 22.9 Å². The second-order valence-corrected chi connectivity index (χ2v) is 8.35. The highest BCUT2D eigenvalue weighted by molar-refractivity contribution is 5.47. The molecule has 1 aromatic heterocycles. The average molecular weight is 452 g/mol. The Hall–Kier alpha value is -3.16. The van der Waals surface area contributed by atoms with Crippen LogP contribution in [0, 0.1) is 12.7 Å². The van der Waals surface area contributed by atoms with Crippen molar-refractivity contribution in [3.63, 3.8) is 0 Å². The average Bonchev–Trinajstić information content (AvgIpc) is 2.83. The van der Waals surface area contributed by atoms with E-state index in [9.17, 15) is 14.3 Å². The topological polar surface area (TPSA) is 57.9 Å². The van der Waals surface area contributed by atoms with Gasteiger partial charge in [0.1, 0.15) is 11.6 Å². The zero-order valence-electron chi connectivity index (χ0n) is 19.1. The number of pyridine rings is 1. The minimum Gasteiger partial charge on any atom is -0.507 e. The van der Waals surface area contributed by atoms with Gasteiger partial charge >= 0.3 is 0 Å². The van der Waals surface area contributed by atoms with E-state index in [1.807, 2.05) is 18.2 Å². The molecule has 1 saturated heterocycles. The Labute approximate surface area is 193 Å². The van der Waals surface area contributed by atoms with Crippen LogP contribution in [0.5, 0.6) is 5.75 Å². The first kappa shape index (κ1) is 23.0. The third-order valence-electron chi connectivity index (χ3n) is 6.30. The summed E-state index contributed by atoms with van der Waals surface area (Å²) >= 11 is 0. The van der Waals surface area contributed by atoms with Gasteiger partial charge in [-0.05, 0) is 42.8 Å². The third-order valence-corrected chi connectivity index (χ3v) is 6.30. The van der Waals surface area contributed by atoms with Gasteiger partial charge in [0, 0.05) is 51.2 Å². The number of ether oxygens (including phenoxy) is 1. The first-order valence-electron chi connectivity index (χ1n) is 11.2. The van der Waals surface area contributed by atoms with Crippen molar-refractivity contribution in [2.24, 2.45) is 0 Å². The van der Waals surface area contributed by atoms with Crippen molar-refractivity contribution in [3.05, 3.63) is 93.7 Å². The van der Waals surface area contributed by atoms with Gasteiger partial charge in [-0.25, -0.2) is 4.39 Å². The Morgan fingerprint density at radius 1 is 1.03 bits per heavy atom. The maximum atomic E-state index is 13.7. The molecular weight excluding hydrogens is 421 g/mol. The number of aryl methyl sites for hydroxylation is 1. The molecule has 7 heteroatoms. The SMILES string of the molecule is COCCn1c(C)cc(O)c([C@@H](c2ccc(F)cc2)N2CCN(c3ccccc3)CC2)c1=O. The number of nitrogens with zero attached hydrogens (tertiary/aromatic N) is 3. The minimum absolute atomic E-state index is 0.0361. The lowest BCUT2D eigenvalue weighted by Crippen LogP contribution is -2.49. The number of aromatic nitrogens is 1. The van der Waals surface area contributed by atoms with Crippen molar-refractivity contribution >= 4 is 5.69 Å². The van der Waals surface area contributed by atoms with Crippen molar-refractivity contribution in [1.29, 1.82) is 0 Å². The molecule has 0 bridgehead atoms. The number of piperazine rings is 1. The van der Waals surface area contributed by atoms with Gasteiger partial charge in [-0.1, -0.05) is 30.3 Å². The van der Waals surface area contributed by atoms with Gasteiger partial charge in [-0.3, -0.25) is 9.69 Å². The van der Waals surface area contributed by atoms with Crippen LogP contribution >= 0.6 is 0 Å². The summed E-state index contributed by atoms with van der Waals surface area (Å²) in [5.41, 5.74) is 2.68. The van der Waals surface area contributed by atoms with Gasteiger partial charge in [-0.15, -0.1) is 0 Å². The Kier molecular flexibility index (Phi) is 7.11. The molecule has 0 saturated carbocycles. The number of hydrogen-bond acceptors (Lipinski definition) is 5. The van der Waals surface area contributed by atoms with E-state index in [1.54, 1.807) is 36.8 Å². The molecule has 0 amide bonds. The number of anilines is 1. The van der Waals surface area contributed by atoms with Crippen molar-refractivity contribution < 1.29 is 14.2 Å². The first-order valence-corrected chi connectivity index (χ1v) is 11.2. The van der Waals surface area contributed by atoms with Gasteiger partial charge in [0.2, 0.25) is 0 Å². The predicted octanol–water partition coefficient (Wildman–Crippen LogP) is 3.56. The van der Waals surface area contributed by atoms with Crippen LogP contribution in [-0.2, 0) is 11.3 Å². The quantitative estimate of drug-likeness (QED) is 0.595. The summed E-state index contributed by atoms with van der Waals surface area (Å²) in [6.45, 7) is 5.54. The van der Waals surface area contributed by atoms with Crippen molar-refractivity contribution in [3.8, 4) is 5.75 Å². The highest BCUT2D eigenvalue weighted by Gasteiger charge is 2.31. The number of para-hydroxylation sites is 1. The standard InChI is InChI=1S/C26H30FN3O3/c1-19-18-23(31)24(26(32)30(19)16-17-33-2)25(20-8-10-21(27)11-9-20)29-14-12-28(13-15-29)22-6-4-3-5-7-22/h3-11,18,25,31H,12-17H2,1-2H3/t25-/m1/s1. The van der Waals surface area contributed by atoms with Gasteiger partial charge < -0.3 is 19.3 Å². The molecule has 6 nitrogen and oxygen atoms in total. The van der Waals surface area contributed by atoms with Gasteiger partial charge in [0.05, 0.1) is 18.2 Å². The molecule has 0 spiro atoms. The second-order valence-electron chi connectivity index (χ2n) is 8.35. The lowest BCUT2D eigenvalue weighted by Gasteiger charge is -2.40. The number of methoxy groups -OCH3 is 1. The number of benzene rings is 2. The van der Waals surface area contributed by atoms with E-state index in [-0.39, 0.29) is 17.1 Å². The highest BCUT2D eigenvalue weighted by Crippen LogP contribution is 2.34. The summed E-state index contributed by atoms with van der Waals surface area (Å²) in [5.74, 6) is -0.372. The fraction of sp³-hybridized carbons (Fsp3) is 0.346. The molecule has 4 rings (SSSR count). The molecule has 174 valence electrons. The van der Waals surface area contributed by atoms with Crippen LogP contribution in [-0.4, -0.2) is 54.5 Å². The van der Waals surface area contributed by atoms with E-state index in [1.165, 1.54) is 12.1 Å². The fourth-order valence-electron chi connectivity index (χ4n) is 4.57. The fourth-order valence-corrected chi connectivity index (χ4v) is 4.57. The molecule has 2 aromatic carbocycles. The maximum absolute atomic E-state index is 13.7. The Morgan fingerprint density at radius 2 is 1.70 bits per heavy atom. The van der Waals surface area contributed by atoms with E-state index in [4.69, 9.17) is 4.74 Å². The zero-order chi connectivity index (χ0) is 23.4. The molecule has 1 aliphatic heterocycles. The largest absolute Gasteiger partial charge is 0.507 e. The number of rotatable bonds is 7. The predicted molar refractivity (Wildman–Crippen MR) is 127 cm³/mol. The number of aromatic hydroxyl groups is 1. The molecule has 33 heavy (non-hydrogen) atoms. The van der Waals surface area contributed by atoms with Crippen LogP contribution < -0.4 is 10.5 Å². The molecule has 1 aliphatic rings. The lowest BCUT2D eigenvalue weighted by atomic mass is 9.96. The van der Waals surface area contributed by atoms with Gasteiger partial charge in [0.15, 0.2) is 0 Å². The molecule has 3 aromatic rings. The normalized spacial score (nSPS) is 15.5. The minimum atomic E-state index is -0.481. The first-order chi connectivity index (χ1) is 16.0. The Morgan fingerprint density at radius 3 is 2.33 bits per heavy atom. The summed E-state index contributed by atoms with van der Waals surface area (Å²) < 4.78 is 20.5. The monoisotopic (exact) mass is 451 g/mol. The molecule has 1 atom stereocenters. The van der Waals surface area contributed by atoms with E-state index in [2.05, 4.69) is 21.9 Å². The summed E-state index contributed by atoms with van der Waals surface area (Å²) in [6, 6.07) is 17.6. The molecule has 0 unspecified atom stereocenters. The van der Waals surface area contributed by atoms with E-state index in [0.29, 0.717) is 37.5 Å². The molecule has 2 heterocycles. The highest BCUT2D eigenvalue weighted by atomic mass is 19.1. The number of halogens is 1. The lowest BCUT2D eigenvalue weighted by molar-refractivity contribution is 0.183. The van der Waals surface area contributed by atoms with Crippen LogP contribution in [0.25, 0.3) is 0 Å². The Bertz CT molecular complexity index is 1120. The third kappa shape index (κ3) is 4.94. The van der Waals surface area contributed by atoms with Gasteiger partial charge in [0.25, 0.3) is 5.56 Å². The molecule has 1 N–H and O–H groups in total. The zero-order valence-corrected chi connectivity index (χ0v) is 19.1. The van der Waals surface area contributed by atoms with Crippen LogP contribution in [0.15, 0.2) is 65.5 Å². The molecular formula is C26H30FN3O3. The van der Waals surface area contributed by atoms with E-state index in [0.717, 1.165) is 24.3 Å². The molecule has 0 aliphatic carbocycles. The summed E-state index contributed by atoms with van der Waals surface area (Å²) in [4.78, 5) is 18.1. The van der Waals surface area contributed by atoms with Crippen molar-refractivity contribution in [1.82, 2.24) is 9.47 Å². The maximum Gasteiger partial charge on any atom is 0.259 e. The van der Waals surface area contributed by atoms with Crippen molar-refractivity contribution in [2.45, 2.75) is 19.5 Å². The van der Waals surface area contributed by atoms with E-state index >= 15 is 0 Å². The van der Waals surface area contributed by atoms with Crippen LogP contribution in [0.3, 0.4) is 0 Å². The number of hydrogen-bond donors (Lipinski definition) is 1. The van der Waals surface area contributed by atoms with Crippen LogP contribution in [0.4, 0.5) is 10.1 Å². The van der Waals surface area contributed by atoms with Crippen LogP contribution in [0.2, 0.25) is 0 Å². The van der Waals surface area contributed by atoms with E-state index < -0.39 is 6.04 Å². The van der Waals surface area contributed by atoms with Gasteiger partial charge in [-0.2, -0.15) is 0 Å². The summed E-state index contributed by atoms with van der Waals surface area (Å²) in [6.07, 6.45) is 0.